The van der Waals surface area contributed by atoms with E-state index in [0.29, 0.717) is 5.39 Å². The van der Waals surface area contributed by atoms with Crippen LogP contribution in [0.1, 0.15) is 10.4 Å². The lowest BCUT2D eigenvalue weighted by molar-refractivity contribution is 0.0700. The number of nitrogens with one attached hydrogen (secondary N) is 1. The van der Waals surface area contributed by atoms with E-state index in [1.165, 1.54) is 17.4 Å². The number of benzene rings is 1. The van der Waals surface area contributed by atoms with Gasteiger partial charge in [-0.3, -0.25) is 5.32 Å². The number of hydrogen-bond acceptors (Lipinski definition) is 4. The van der Waals surface area contributed by atoms with Crippen LogP contribution in [-0.4, -0.2) is 23.8 Å². The topological polar surface area (TPSA) is 75.6 Å². The molecule has 0 aliphatic rings. The molecule has 1 amide bonds. The van der Waals surface area contributed by atoms with Gasteiger partial charge in [0.15, 0.2) is 0 Å². The van der Waals surface area contributed by atoms with Gasteiger partial charge in [-0.1, -0.05) is 30.9 Å². The predicted molar refractivity (Wildman–Crippen MR) is 74.0 cm³/mol. The number of carbonyl (C=O) groups is 2. The fourth-order valence-electron chi connectivity index (χ4n) is 1.61. The van der Waals surface area contributed by atoms with Crippen molar-refractivity contribution in [2.45, 2.75) is 0 Å². The summed E-state index contributed by atoms with van der Waals surface area (Å²) in [6.07, 6.45) is 0.733. The second kappa shape index (κ2) is 5.53. The first-order chi connectivity index (χ1) is 9.13. The van der Waals surface area contributed by atoms with Crippen LogP contribution in [0.4, 0.5) is 9.80 Å². The molecule has 19 heavy (non-hydrogen) atoms. The van der Waals surface area contributed by atoms with E-state index in [9.17, 15) is 14.7 Å². The molecular formula is C13H11NO4S. The molecule has 0 saturated heterocycles. The lowest BCUT2D eigenvalue weighted by Gasteiger charge is -2.03. The van der Waals surface area contributed by atoms with Crippen LogP contribution in [0.25, 0.3) is 10.1 Å². The molecule has 1 aromatic heterocycles. The van der Waals surface area contributed by atoms with Gasteiger partial charge in [0.05, 0.1) is 0 Å². The lowest BCUT2D eigenvalue weighted by atomic mass is 10.1. The van der Waals surface area contributed by atoms with Crippen molar-refractivity contribution in [2.75, 3.05) is 11.9 Å². The Bertz CT molecular complexity index is 647. The number of carboxylic acids is 1. The maximum absolute atomic E-state index is 11.5. The van der Waals surface area contributed by atoms with Crippen molar-refractivity contribution in [3.63, 3.8) is 0 Å². The number of rotatable bonds is 4. The van der Waals surface area contributed by atoms with E-state index in [2.05, 4.69) is 11.9 Å². The maximum atomic E-state index is 11.5. The Kier molecular flexibility index (Phi) is 3.82. The first-order valence-electron chi connectivity index (χ1n) is 5.43. The van der Waals surface area contributed by atoms with E-state index < -0.39 is 12.1 Å². The summed E-state index contributed by atoms with van der Waals surface area (Å²) in [5.74, 6) is -1.09. The minimum atomic E-state index is -1.09. The van der Waals surface area contributed by atoms with Crippen molar-refractivity contribution in [3.8, 4) is 0 Å². The third kappa shape index (κ3) is 2.74. The van der Waals surface area contributed by atoms with Crippen LogP contribution >= 0.6 is 11.3 Å². The Morgan fingerprint density at radius 2 is 2.16 bits per heavy atom. The molecule has 0 aliphatic heterocycles. The molecule has 0 unspecified atom stereocenters. The summed E-state index contributed by atoms with van der Waals surface area (Å²) in [4.78, 5) is 22.7. The molecule has 0 aliphatic carbocycles. The van der Waals surface area contributed by atoms with Crippen molar-refractivity contribution in [2.24, 2.45) is 0 Å². The second-order valence-electron chi connectivity index (χ2n) is 3.62. The van der Waals surface area contributed by atoms with Gasteiger partial charge in [0.2, 0.25) is 0 Å². The van der Waals surface area contributed by atoms with Crippen LogP contribution in [0.5, 0.6) is 0 Å². The molecule has 0 atom stereocenters. The second-order valence-corrected chi connectivity index (χ2v) is 4.67. The fraction of sp³-hybridized carbons (Fsp3) is 0.0769. The quantitative estimate of drug-likeness (QED) is 0.840. The van der Waals surface area contributed by atoms with Crippen molar-refractivity contribution in [3.05, 3.63) is 42.5 Å². The van der Waals surface area contributed by atoms with Gasteiger partial charge < -0.3 is 9.84 Å². The minimum Gasteiger partial charge on any atom is -0.478 e. The Balaban J connectivity index is 2.36. The zero-order chi connectivity index (χ0) is 13.8. The summed E-state index contributed by atoms with van der Waals surface area (Å²) >= 11 is 1.20. The van der Waals surface area contributed by atoms with Gasteiger partial charge >= 0.3 is 12.1 Å². The molecule has 0 spiro atoms. The molecule has 0 fully saturated rings. The highest BCUT2D eigenvalue weighted by Gasteiger charge is 2.19. The highest BCUT2D eigenvalue weighted by atomic mass is 32.1. The first kappa shape index (κ1) is 13.1. The average molecular weight is 277 g/mol. The number of carbonyl (C=O) groups excluding carboxylic acids is 1. The minimum absolute atomic E-state index is 0.0686. The maximum Gasteiger partial charge on any atom is 0.412 e. The number of anilines is 1. The van der Waals surface area contributed by atoms with E-state index in [1.54, 1.807) is 18.2 Å². The molecule has 2 rings (SSSR count). The zero-order valence-corrected chi connectivity index (χ0v) is 10.7. The van der Waals surface area contributed by atoms with E-state index in [-0.39, 0.29) is 17.2 Å². The molecule has 98 valence electrons. The fourth-order valence-corrected chi connectivity index (χ4v) is 2.69. The molecule has 0 saturated carbocycles. The molecule has 1 heterocycles. The summed E-state index contributed by atoms with van der Waals surface area (Å²) < 4.78 is 5.56. The third-order valence-corrected chi connectivity index (χ3v) is 3.44. The smallest absolute Gasteiger partial charge is 0.412 e. The van der Waals surface area contributed by atoms with E-state index in [1.807, 2.05) is 6.07 Å². The molecule has 2 aromatic rings. The molecule has 2 N–H and O–H groups in total. The van der Waals surface area contributed by atoms with Crippen molar-refractivity contribution in [1.29, 1.82) is 0 Å². The van der Waals surface area contributed by atoms with Gasteiger partial charge in [-0.2, -0.15) is 0 Å². The number of ether oxygens (including phenoxy) is 1. The third-order valence-electron chi connectivity index (χ3n) is 2.36. The van der Waals surface area contributed by atoms with Gasteiger partial charge in [0, 0.05) is 10.1 Å². The predicted octanol–water partition coefficient (Wildman–Crippen LogP) is 3.33. The average Bonchev–Trinajstić information content (AvgIpc) is 2.74. The van der Waals surface area contributed by atoms with Crippen LogP contribution in [0, 0.1) is 0 Å². The summed E-state index contributed by atoms with van der Waals surface area (Å²) in [6.45, 7) is 3.49. The summed E-state index contributed by atoms with van der Waals surface area (Å²) in [5.41, 5.74) is 0.0798. The van der Waals surface area contributed by atoms with Crippen LogP contribution in [-0.2, 0) is 4.74 Å². The van der Waals surface area contributed by atoms with E-state index in [4.69, 9.17) is 4.74 Å². The summed E-state index contributed by atoms with van der Waals surface area (Å²) in [7, 11) is 0. The van der Waals surface area contributed by atoms with E-state index >= 15 is 0 Å². The van der Waals surface area contributed by atoms with Crippen LogP contribution in [0.3, 0.4) is 0 Å². The number of fused-ring (bicyclic) bond motifs is 1. The first-order valence-corrected chi connectivity index (χ1v) is 6.24. The van der Waals surface area contributed by atoms with Gasteiger partial charge in [0.1, 0.15) is 17.2 Å². The number of carboxylic acid groups (broad SMARTS) is 1. The van der Waals surface area contributed by atoms with Gasteiger partial charge in [-0.15, -0.1) is 11.3 Å². The normalized spacial score (nSPS) is 10.1. The van der Waals surface area contributed by atoms with Crippen molar-refractivity contribution >= 4 is 38.5 Å². The number of aromatic carboxylic acids is 1. The van der Waals surface area contributed by atoms with Crippen molar-refractivity contribution in [1.82, 2.24) is 0 Å². The molecule has 6 heteroatoms. The zero-order valence-electron chi connectivity index (χ0n) is 9.88. The van der Waals surface area contributed by atoms with Crippen LogP contribution in [0.15, 0.2) is 36.9 Å². The summed E-state index contributed by atoms with van der Waals surface area (Å²) in [6, 6.07) is 7.06. The largest absolute Gasteiger partial charge is 0.478 e. The molecule has 0 radical (unpaired) electrons. The van der Waals surface area contributed by atoms with Crippen LogP contribution < -0.4 is 5.32 Å². The number of hydrogen-bond donors (Lipinski definition) is 2. The monoisotopic (exact) mass is 277 g/mol. The van der Waals surface area contributed by atoms with Gasteiger partial charge in [-0.25, -0.2) is 9.59 Å². The van der Waals surface area contributed by atoms with E-state index in [0.717, 1.165) is 4.70 Å². The van der Waals surface area contributed by atoms with Gasteiger partial charge in [-0.05, 0) is 6.07 Å². The standard InChI is InChI=1S/C13H11NO4S/c1-2-7-18-13(17)14-11-10(12(15)16)8-5-3-4-6-9(8)19-11/h2-6H,1,7H2,(H,14,17)(H,15,16). The highest BCUT2D eigenvalue weighted by molar-refractivity contribution is 7.23. The molecule has 0 bridgehead atoms. The van der Waals surface area contributed by atoms with Gasteiger partial charge in [0.25, 0.3) is 0 Å². The Labute approximate surface area is 113 Å². The Hall–Kier alpha value is -2.34. The van der Waals surface area contributed by atoms with Crippen molar-refractivity contribution < 1.29 is 19.4 Å². The number of thiophene rings is 1. The molecular weight excluding hydrogens is 266 g/mol. The Morgan fingerprint density at radius 3 is 2.84 bits per heavy atom. The lowest BCUT2D eigenvalue weighted by Crippen LogP contribution is -2.14. The number of amides is 1. The van der Waals surface area contributed by atoms with Crippen LogP contribution in [0.2, 0.25) is 0 Å². The molecule has 1 aromatic carbocycles. The SMILES string of the molecule is C=CCOC(=O)Nc1sc2ccccc2c1C(=O)O. The summed E-state index contributed by atoms with van der Waals surface area (Å²) in [5, 5.41) is 12.5. The molecule has 5 nitrogen and oxygen atoms in total. The highest BCUT2D eigenvalue weighted by Crippen LogP contribution is 2.35. The Morgan fingerprint density at radius 1 is 1.42 bits per heavy atom.